The van der Waals surface area contributed by atoms with Crippen molar-refractivity contribution >= 4 is 37.6 Å². The van der Waals surface area contributed by atoms with Gasteiger partial charge in [-0.2, -0.15) is 0 Å². The molecule has 5 rings (SSSR count). The zero-order valence-electron chi connectivity index (χ0n) is 17.3. The fraction of sp³-hybridized carbons (Fsp3) is 0.240. The molecule has 1 aromatic heterocycles. The molecule has 0 atom stereocenters. The third-order valence-electron chi connectivity index (χ3n) is 5.98. The summed E-state index contributed by atoms with van der Waals surface area (Å²) in [5, 5.41) is 5.21. The SMILES string of the molecule is CS(=O)(=O)c1ccc(CNC(=O)c2ccc3c(c2)c2ccccc2n3CC2CC2)cc1. The molecule has 3 aromatic carbocycles. The Morgan fingerprint density at radius 3 is 2.39 bits per heavy atom. The van der Waals surface area contributed by atoms with Crippen LogP contribution in [-0.4, -0.2) is 25.1 Å². The number of sulfone groups is 1. The number of carbonyl (C=O) groups excluding carboxylic acids is 1. The molecule has 158 valence electrons. The maximum atomic E-state index is 12.8. The first-order valence-electron chi connectivity index (χ1n) is 10.5. The molecule has 0 radical (unpaired) electrons. The van der Waals surface area contributed by atoms with Crippen molar-refractivity contribution in [1.29, 1.82) is 0 Å². The number of amides is 1. The Balaban J connectivity index is 1.40. The van der Waals surface area contributed by atoms with Gasteiger partial charge in [-0.3, -0.25) is 4.79 Å². The first-order valence-corrected chi connectivity index (χ1v) is 12.4. The first-order chi connectivity index (χ1) is 14.9. The molecule has 1 N–H and O–H groups in total. The van der Waals surface area contributed by atoms with Crippen molar-refractivity contribution in [1.82, 2.24) is 9.88 Å². The Kier molecular flexibility index (Phi) is 4.82. The molecular weight excluding hydrogens is 408 g/mol. The fourth-order valence-electron chi connectivity index (χ4n) is 4.09. The van der Waals surface area contributed by atoms with Gasteiger partial charge in [0, 0.05) is 46.7 Å². The molecule has 0 unspecified atom stereocenters. The van der Waals surface area contributed by atoms with Gasteiger partial charge >= 0.3 is 0 Å². The molecule has 31 heavy (non-hydrogen) atoms. The predicted octanol–water partition coefficient (Wildman–Crippen LogP) is 4.54. The molecule has 1 amide bonds. The second-order valence-electron chi connectivity index (χ2n) is 8.40. The highest BCUT2D eigenvalue weighted by Gasteiger charge is 2.24. The summed E-state index contributed by atoms with van der Waals surface area (Å²) in [7, 11) is -3.22. The highest BCUT2D eigenvalue weighted by atomic mass is 32.2. The molecule has 1 aliphatic carbocycles. The van der Waals surface area contributed by atoms with Crippen LogP contribution >= 0.6 is 0 Å². The monoisotopic (exact) mass is 432 g/mol. The van der Waals surface area contributed by atoms with E-state index >= 15 is 0 Å². The quantitative estimate of drug-likeness (QED) is 0.486. The molecule has 1 heterocycles. The van der Waals surface area contributed by atoms with Gasteiger partial charge in [0.2, 0.25) is 0 Å². The Morgan fingerprint density at radius 1 is 0.968 bits per heavy atom. The molecule has 0 spiro atoms. The lowest BCUT2D eigenvalue weighted by atomic mass is 10.1. The third-order valence-corrected chi connectivity index (χ3v) is 7.11. The van der Waals surface area contributed by atoms with Crippen molar-refractivity contribution in [2.24, 2.45) is 5.92 Å². The van der Waals surface area contributed by atoms with Crippen LogP contribution in [0.3, 0.4) is 0 Å². The minimum Gasteiger partial charge on any atom is -0.348 e. The number of nitrogens with one attached hydrogen (secondary N) is 1. The lowest BCUT2D eigenvalue weighted by Gasteiger charge is -2.08. The number of para-hydroxylation sites is 1. The zero-order chi connectivity index (χ0) is 21.6. The van der Waals surface area contributed by atoms with Crippen LogP contribution in [0.5, 0.6) is 0 Å². The van der Waals surface area contributed by atoms with E-state index in [0.29, 0.717) is 12.1 Å². The summed E-state index contributed by atoms with van der Waals surface area (Å²) in [6, 6.07) is 20.9. The topological polar surface area (TPSA) is 68.2 Å². The largest absolute Gasteiger partial charge is 0.348 e. The summed E-state index contributed by atoms with van der Waals surface area (Å²) < 4.78 is 25.6. The first kappa shape index (κ1) is 19.8. The van der Waals surface area contributed by atoms with E-state index in [1.807, 2.05) is 24.3 Å². The Hall–Kier alpha value is -3.12. The van der Waals surface area contributed by atoms with Gasteiger partial charge in [0.25, 0.3) is 5.91 Å². The van der Waals surface area contributed by atoms with E-state index in [1.54, 1.807) is 24.3 Å². The van der Waals surface area contributed by atoms with Gasteiger partial charge in [0.1, 0.15) is 0 Å². The number of benzene rings is 3. The Morgan fingerprint density at radius 2 is 1.68 bits per heavy atom. The summed E-state index contributed by atoms with van der Waals surface area (Å²) in [5.41, 5.74) is 3.85. The Bertz CT molecular complexity index is 1400. The highest BCUT2D eigenvalue weighted by molar-refractivity contribution is 7.90. The number of hydrogen-bond donors (Lipinski definition) is 1. The number of aromatic nitrogens is 1. The molecule has 0 bridgehead atoms. The van der Waals surface area contributed by atoms with Crippen LogP contribution in [0.25, 0.3) is 21.8 Å². The second kappa shape index (κ2) is 7.54. The number of hydrogen-bond acceptors (Lipinski definition) is 3. The van der Waals surface area contributed by atoms with Crippen molar-refractivity contribution < 1.29 is 13.2 Å². The van der Waals surface area contributed by atoms with Crippen LogP contribution in [0.1, 0.15) is 28.8 Å². The van der Waals surface area contributed by atoms with Crippen LogP contribution < -0.4 is 5.32 Å². The van der Waals surface area contributed by atoms with Gasteiger partial charge in [-0.05, 0) is 60.7 Å². The van der Waals surface area contributed by atoms with Gasteiger partial charge < -0.3 is 9.88 Å². The third kappa shape index (κ3) is 3.95. The molecule has 0 aliphatic heterocycles. The van der Waals surface area contributed by atoms with Gasteiger partial charge in [-0.15, -0.1) is 0 Å². The van der Waals surface area contributed by atoms with E-state index in [1.165, 1.54) is 35.5 Å². The number of rotatable bonds is 6. The number of nitrogens with zero attached hydrogens (tertiary/aromatic N) is 1. The number of carbonyl (C=O) groups is 1. The van der Waals surface area contributed by atoms with Crippen LogP contribution in [-0.2, 0) is 22.9 Å². The van der Waals surface area contributed by atoms with E-state index in [9.17, 15) is 13.2 Å². The normalized spacial score (nSPS) is 14.2. The molecule has 4 aromatic rings. The zero-order valence-corrected chi connectivity index (χ0v) is 18.2. The van der Waals surface area contributed by atoms with Crippen LogP contribution in [0.15, 0.2) is 71.6 Å². The fourth-order valence-corrected chi connectivity index (χ4v) is 4.72. The molecule has 1 fully saturated rings. The van der Waals surface area contributed by atoms with E-state index in [-0.39, 0.29) is 10.8 Å². The molecule has 1 aliphatic rings. The lowest BCUT2D eigenvalue weighted by molar-refractivity contribution is 0.0951. The van der Waals surface area contributed by atoms with Gasteiger partial charge in [0.05, 0.1) is 4.90 Å². The van der Waals surface area contributed by atoms with Crippen molar-refractivity contribution in [3.8, 4) is 0 Å². The minimum atomic E-state index is -3.22. The van der Waals surface area contributed by atoms with Crippen molar-refractivity contribution in [3.63, 3.8) is 0 Å². The van der Waals surface area contributed by atoms with Crippen LogP contribution in [0.2, 0.25) is 0 Å². The van der Waals surface area contributed by atoms with E-state index in [0.717, 1.165) is 23.4 Å². The van der Waals surface area contributed by atoms with Gasteiger partial charge in [0.15, 0.2) is 9.84 Å². The van der Waals surface area contributed by atoms with Crippen molar-refractivity contribution in [2.75, 3.05) is 6.26 Å². The minimum absolute atomic E-state index is 0.145. The Labute approximate surface area is 181 Å². The molecular formula is C25H24N2O3S. The summed E-state index contributed by atoms with van der Waals surface area (Å²) in [6.45, 7) is 1.36. The maximum absolute atomic E-state index is 12.8. The van der Waals surface area contributed by atoms with Crippen LogP contribution in [0, 0.1) is 5.92 Å². The summed E-state index contributed by atoms with van der Waals surface area (Å²) in [5.74, 6) is 0.615. The standard InChI is InChI=1S/C25H24N2O3S/c1-31(29,30)20-11-8-17(9-12-20)15-26-25(28)19-10-13-24-22(14-19)21-4-2-3-5-23(21)27(24)16-18-6-7-18/h2-5,8-14,18H,6-7,15-16H2,1H3,(H,26,28). The highest BCUT2D eigenvalue weighted by Crippen LogP contribution is 2.36. The average Bonchev–Trinajstić information content (AvgIpc) is 3.54. The van der Waals surface area contributed by atoms with E-state index in [2.05, 4.69) is 28.1 Å². The molecule has 5 nitrogen and oxygen atoms in total. The second-order valence-corrected chi connectivity index (χ2v) is 10.4. The maximum Gasteiger partial charge on any atom is 0.251 e. The van der Waals surface area contributed by atoms with E-state index in [4.69, 9.17) is 0 Å². The molecule has 1 saturated carbocycles. The smallest absolute Gasteiger partial charge is 0.251 e. The molecule has 6 heteroatoms. The summed E-state index contributed by atoms with van der Waals surface area (Å²) in [4.78, 5) is 13.1. The van der Waals surface area contributed by atoms with Crippen molar-refractivity contribution in [3.05, 3.63) is 77.9 Å². The van der Waals surface area contributed by atoms with Crippen LogP contribution in [0.4, 0.5) is 0 Å². The number of fused-ring (bicyclic) bond motifs is 3. The summed E-state index contributed by atoms with van der Waals surface area (Å²) >= 11 is 0. The predicted molar refractivity (Wildman–Crippen MR) is 123 cm³/mol. The summed E-state index contributed by atoms with van der Waals surface area (Å²) in [6.07, 6.45) is 3.76. The molecule has 0 saturated heterocycles. The lowest BCUT2D eigenvalue weighted by Crippen LogP contribution is -2.22. The van der Waals surface area contributed by atoms with Gasteiger partial charge in [-0.25, -0.2) is 8.42 Å². The average molecular weight is 433 g/mol. The van der Waals surface area contributed by atoms with Gasteiger partial charge in [-0.1, -0.05) is 30.3 Å². The van der Waals surface area contributed by atoms with E-state index < -0.39 is 9.84 Å². The van der Waals surface area contributed by atoms with Crippen molar-refractivity contribution in [2.45, 2.75) is 30.8 Å².